The minimum atomic E-state index is 0.244. The number of ketones is 1. The van der Waals surface area contributed by atoms with E-state index in [4.69, 9.17) is 0 Å². The largest absolute Gasteiger partial charge is 0.298 e. The van der Waals surface area contributed by atoms with Gasteiger partial charge in [-0.05, 0) is 24.5 Å². The maximum absolute atomic E-state index is 12.2. The molecule has 2 aromatic rings. The normalized spacial score (nSPS) is 14.7. The minimum Gasteiger partial charge on any atom is -0.298 e. The van der Waals surface area contributed by atoms with E-state index in [1.54, 1.807) is 0 Å². The van der Waals surface area contributed by atoms with Crippen LogP contribution in [-0.4, -0.2) is 23.8 Å². The molecule has 2 heteroatoms. The van der Waals surface area contributed by atoms with Gasteiger partial charge in [-0.2, -0.15) is 0 Å². The van der Waals surface area contributed by atoms with Gasteiger partial charge in [0.2, 0.25) is 0 Å². The van der Waals surface area contributed by atoms with Crippen LogP contribution in [0.1, 0.15) is 33.5 Å². The monoisotopic (exact) mass is 279 g/mol. The molecular formula is C19H21NO. The maximum Gasteiger partial charge on any atom is 0.164 e. The summed E-state index contributed by atoms with van der Waals surface area (Å²) in [7, 11) is 0. The lowest BCUT2D eigenvalue weighted by molar-refractivity contribution is 0.0960. The molecule has 21 heavy (non-hydrogen) atoms. The molecule has 0 radical (unpaired) electrons. The van der Waals surface area contributed by atoms with Crippen molar-refractivity contribution in [3.05, 3.63) is 70.8 Å². The van der Waals surface area contributed by atoms with Gasteiger partial charge in [-0.15, -0.1) is 0 Å². The summed E-state index contributed by atoms with van der Waals surface area (Å²) >= 11 is 0. The first-order valence-corrected chi connectivity index (χ1v) is 7.61. The van der Waals surface area contributed by atoms with Gasteiger partial charge in [-0.3, -0.25) is 9.69 Å². The summed E-state index contributed by atoms with van der Waals surface area (Å²) in [4.78, 5) is 14.6. The molecule has 2 nitrogen and oxygen atoms in total. The summed E-state index contributed by atoms with van der Waals surface area (Å²) in [5.41, 5.74) is 4.89. The number of hydrogen-bond acceptors (Lipinski definition) is 2. The number of nitrogens with zero attached hydrogens (tertiary/aromatic N) is 1. The standard InChI is InChI=1S/C19H21NO/c1-15-6-8-17(9-7-15)19(21)11-13-20-12-10-16-4-2-3-5-18(16)14-20/h2-9H,10-14H2,1H3. The second-order valence-corrected chi connectivity index (χ2v) is 5.83. The van der Waals surface area contributed by atoms with E-state index in [1.807, 2.05) is 31.2 Å². The zero-order valence-corrected chi connectivity index (χ0v) is 12.5. The molecule has 0 unspecified atom stereocenters. The Morgan fingerprint density at radius 2 is 1.76 bits per heavy atom. The summed E-state index contributed by atoms with van der Waals surface area (Å²) in [5.74, 6) is 0.244. The summed E-state index contributed by atoms with van der Waals surface area (Å²) in [5, 5.41) is 0. The van der Waals surface area contributed by atoms with Crippen LogP contribution in [0.5, 0.6) is 0 Å². The first kappa shape index (κ1) is 14.0. The van der Waals surface area contributed by atoms with Crippen molar-refractivity contribution in [2.45, 2.75) is 26.3 Å². The predicted octanol–water partition coefficient (Wildman–Crippen LogP) is 3.63. The summed E-state index contributed by atoms with van der Waals surface area (Å²) in [6, 6.07) is 16.5. The number of carbonyl (C=O) groups excluding carboxylic acids is 1. The van der Waals surface area contributed by atoms with Crippen molar-refractivity contribution < 1.29 is 4.79 Å². The topological polar surface area (TPSA) is 20.3 Å². The van der Waals surface area contributed by atoms with Crippen LogP contribution in [0, 0.1) is 6.92 Å². The molecule has 0 amide bonds. The molecule has 1 heterocycles. The molecule has 1 aliphatic heterocycles. The lowest BCUT2D eigenvalue weighted by Gasteiger charge is -2.28. The maximum atomic E-state index is 12.2. The Balaban J connectivity index is 1.56. The molecule has 3 rings (SSSR count). The summed E-state index contributed by atoms with van der Waals surface area (Å²) in [6.45, 7) is 4.91. The molecule has 0 bridgehead atoms. The molecule has 0 spiro atoms. The third-order valence-electron chi connectivity index (χ3n) is 4.24. The molecule has 108 valence electrons. The average Bonchev–Trinajstić information content (AvgIpc) is 2.53. The van der Waals surface area contributed by atoms with E-state index in [2.05, 4.69) is 29.2 Å². The fraction of sp³-hybridized carbons (Fsp3) is 0.316. The van der Waals surface area contributed by atoms with Crippen molar-refractivity contribution >= 4 is 5.78 Å². The molecule has 0 saturated heterocycles. The van der Waals surface area contributed by atoms with Crippen molar-refractivity contribution in [3.8, 4) is 0 Å². The molecule has 2 aromatic carbocycles. The molecule has 0 fully saturated rings. The van der Waals surface area contributed by atoms with Crippen molar-refractivity contribution in [2.24, 2.45) is 0 Å². The molecule has 0 saturated carbocycles. The van der Waals surface area contributed by atoms with Crippen LogP contribution in [0.2, 0.25) is 0 Å². The van der Waals surface area contributed by atoms with Crippen LogP contribution >= 0.6 is 0 Å². The Bertz CT molecular complexity index is 630. The smallest absolute Gasteiger partial charge is 0.164 e. The second kappa shape index (κ2) is 6.23. The first-order chi connectivity index (χ1) is 10.2. The average molecular weight is 279 g/mol. The summed E-state index contributed by atoms with van der Waals surface area (Å²) in [6.07, 6.45) is 1.69. The molecule has 0 aromatic heterocycles. The zero-order chi connectivity index (χ0) is 14.7. The molecule has 1 aliphatic rings. The van der Waals surface area contributed by atoms with Crippen molar-refractivity contribution in [2.75, 3.05) is 13.1 Å². The lowest BCUT2D eigenvalue weighted by Crippen LogP contribution is -2.32. The minimum absolute atomic E-state index is 0.244. The Kier molecular flexibility index (Phi) is 4.16. The highest BCUT2D eigenvalue weighted by molar-refractivity contribution is 5.96. The van der Waals surface area contributed by atoms with E-state index in [-0.39, 0.29) is 5.78 Å². The number of carbonyl (C=O) groups is 1. The van der Waals surface area contributed by atoms with Gasteiger partial charge in [0.05, 0.1) is 0 Å². The van der Waals surface area contributed by atoms with Crippen LogP contribution in [0.15, 0.2) is 48.5 Å². The fourth-order valence-electron chi connectivity index (χ4n) is 2.89. The number of benzene rings is 2. The lowest BCUT2D eigenvalue weighted by atomic mass is 9.99. The van der Waals surface area contributed by atoms with E-state index >= 15 is 0 Å². The number of Topliss-reactive ketones (excluding diaryl/α,β-unsaturated/α-hetero) is 1. The Hall–Kier alpha value is -1.93. The number of rotatable bonds is 4. The number of aryl methyl sites for hydroxylation is 1. The zero-order valence-electron chi connectivity index (χ0n) is 12.5. The first-order valence-electron chi connectivity index (χ1n) is 7.61. The van der Waals surface area contributed by atoms with E-state index in [1.165, 1.54) is 16.7 Å². The van der Waals surface area contributed by atoms with Gasteiger partial charge in [-0.1, -0.05) is 54.1 Å². The van der Waals surface area contributed by atoms with E-state index in [0.717, 1.165) is 31.6 Å². The third-order valence-corrected chi connectivity index (χ3v) is 4.24. The highest BCUT2D eigenvalue weighted by Gasteiger charge is 2.16. The fourth-order valence-corrected chi connectivity index (χ4v) is 2.89. The third kappa shape index (κ3) is 3.40. The van der Waals surface area contributed by atoms with Crippen LogP contribution in [0.25, 0.3) is 0 Å². The van der Waals surface area contributed by atoms with Crippen LogP contribution in [0.4, 0.5) is 0 Å². The number of fused-ring (bicyclic) bond motifs is 1. The Morgan fingerprint density at radius 3 is 2.52 bits per heavy atom. The van der Waals surface area contributed by atoms with Gasteiger partial charge in [0.15, 0.2) is 5.78 Å². The van der Waals surface area contributed by atoms with E-state index < -0.39 is 0 Å². The van der Waals surface area contributed by atoms with E-state index in [0.29, 0.717) is 6.42 Å². The van der Waals surface area contributed by atoms with Crippen LogP contribution < -0.4 is 0 Å². The van der Waals surface area contributed by atoms with Gasteiger partial charge in [-0.25, -0.2) is 0 Å². The molecule has 0 atom stereocenters. The van der Waals surface area contributed by atoms with Crippen LogP contribution in [0.3, 0.4) is 0 Å². The van der Waals surface area contributed by atoms with Gasteiger partial charge in [0.25, 0.3) is 0 Å². The number of hydrogen-bond donors (Lipinski definition) is 0. The Labute approximate surface area is 126 Å². The van der Waals surface area contributed by atoms with Crippen LogP contribution in [-0.2, 0) is 13.0 Å². The highest BCUT2D eigenvalue weighted by Crippen LogP contribution is 2.18. The summed E-state index contributed by atoms with van der Waals surface area (Å²) < 4.78 is 0. The predicted molar refractivity (Wildman–Crippen MR) is 85.5 cm³/mol. The molecule has 0 N–H and O–H groups in total. The molecular weight excluding hydrogens is 258 g/mol. The Morgan fingerprint density at radius 1 is 1.05 bits per heavy atom. The molecule has 0 aliphatic carbocycles. The van der Waals surface area contributed by atoms with Crippen molar-refractivity contribution in [3.63, 3.8) is 0 Å². The van der Waals surface area contributed by atoms with Gasteiger partial charge in [0, 0.05) is 31.6 Å². The van der Waals surface area contributed by atoms with Crippen molar-refractivity contribution in [1.29, 1.82) is 0 Å². The highest BCUT2D eigenvalue weighted by atomic mass is 16.1. The van der Waals surface area contributed by atoms with E-state index in [9.17, 15) is 4.79 Å². The SMILES string of the molecule is Cc1ccc(C(=O)CCN2CCc3ccccc3C2)cc1. The quantitative estimate of drug-likeness (QED) is 0.797. The second-order valence-electron chi connectivity index (χ2n) is 5.83. The van der Waals surface area contributed by atoms with Gasteiger partial charge in [0.1, 0.15) is 0 Å². The van der Waals surface area contributed by atoms with Gasteiger partial charge >= 0.3 is 0 Å². The van der Waals surface area contributed by atoms with Crippen molar-refractivity contribution in [1.82, 2.24) is 4.90 Å². The van der Waals surface area contributed by atoms with Gasteiger partial charge < -0.3 is 0 Å².